The average Bonchev–Trinajstić information content (AvgIpc) is 2.87. The third-order valence-electron chi connectivity index (χ3n) is 4.84. The van der Waals surface area contributed by atoms with Crippen molar-refractivity contribution in [1.29, 1.82) is 0 Å². The highest BCUT2D eigenvalue weighted by Gasteiger charge is 2.39. The van der Waals surface area contributed by atoms with Crippen LogP contribution in [0, 0.1) is 0 Å². The molecule has 1 aliphatic rings. The minimum atomic E-state index is -0.805. The number of aliphatic hydroxyl groups is 1. The fourth-order valence-electron chi connectivity index (χ4n) is 3.50. The van der Waals surface area contributed by atoms with Crippen LogP contribution in [0.4, 0.5) is 0 Å². The Labute approximate surface area is 146 Å². The van der Waals surface area contributed by atoms with Crippen LogP contribution in [0.2, 0.25) is 0 Å². The van der Waals surface area contributed by atoms with Crippen LogP contribution in [0.25, 0.3) is 0 Å². The molecule has 24 heavy (non-hydrogen) atoms. The van der Waals surface area contributed by atoms with Crippen LogP contribution in [-0.4, -0.2) is 64.8 Å². The van der Waals surface area contributed by atoms with Gasteiger partial charge in [-0.3, -0.25) is 4.48 Å². The molecule has 0 fully saturated rings. The van der Waals surface area contributed by atoms with E-state index in [1.165, 1.54) is 51.4 Å². The van der Waals surface area contributed by atoms with Gasteiger partial charge in [0.2, 0.25) is 0 Å². The van der Waals surface area contributed by atoms with Crippen molar-refractivity contribution < 1.29 is 25.0 Å². The van der Waals surface area contributed by atoms with Gasteiger partial charge >= 0.3 is 5.97 Å². The molecule has 0 aromatic rings. The lowest BCUT2D eigenvalue weighted by Gasteiger charge is -2.32. The van der Waals surface area contributed by atoms with E-state index in [2.05, 4.69) is 11.9 Å². The summed E-state index contributed by atoms with van der Waals surface area (Å²) < 4.78 is 0.364. The molecule has 6 nitrogen and oxygen atoms in total. The predicted molar refractivity (Wildman–Crippen MR) is 95.7 cm³/mol. The number of carboxylic acids is 1. The van der Waals surface area contributed by atoms with Crippen molar-refractivity contribution in [3.63, 3.8) is 0 Å². The lowest BCUT2D eigenvalue weighted by atomic mass is 10.1. The minimum Gasteiger partial charge on any atom is -0.870 e. The average molecular weight is 344 g/mol. The standard InChI is InChI=1S/C18H34N2O3.H2O/c1-2-3-4-5-6-7-8-9-10-11-17-19-12-13-20(17,14-15-21)16-18(22)23;/h21H,2-16H2,1H3;1H2. The first kappa shape index (κ1) is 23.0. The van der Waals surface area contributed by atoms with E-state index in [0.717, 1.165) is 25.2 Å². The number of nitrogens with zero attached hydrogens (tertiary/aromatic N) is 2. The smallest absolute Gasteiger partial charge is 0.359 e. The maximum absolute atomic E-state index is 11.2. The van der Waals surface area contributed by atoms with Gasteiger partial charge in [0.1, 0.15) is 13.1 Å². The number of quaternary nitrogens is 1. The van der Waals surface area contributed by atoms with E-state index in [1.54, 1.807) is 0 Å². The van der Waals surface area contributed by atoms with E-state index in [-0.39, 0.29) is 18.6 Å². The number of aliphatic carboxylic acids is 1. The molecule has 142 valence electrons. The topological polar surface area (TPSA) is 99.9 Å². The van der Waals surface area contributed by atoms with Crippen LogP contribution in [0.15, 0.2) is 4.99 Å². The van der Waals surface area contributed by atoms with Crippen LogP contribution >= 0.6 is 0 Å². The summed E-state index contributed by atoms with van der Waals surface area (Å²) in [6.45, 7) is 4.20. The first-order valence-electron chi connectivity index (χ1n) is 9.37. The Hall–Kier alpha value is -0.980. The fraction of sp³-hybridized carbons (Fsp3) is 0.889. The molecule has 1 aliphatic heterocycles. The van der Waals surface area contributed by atoms with Crippen molar-refractivity contribution in [2.45, 2.75) is 71.1 Å². The van der Waals surface area contributed by atoms with E-state index < -0.39 is 5.97 Å². The fourth-order valence-corrected chi connectivity index (χ4v) is 3.50. The number of hydrogen-bond donors (Lipinski definition) is 2. The van der Waals surface area contributed by atoms with Gasteiger partial charge in [-0.1, -0.05) is 58.3 Å². The highest BCUT2D eigenvalue weighted by molar-refractivity contribution is 5.80. The van der Waals surface area contributed by atoms with Gasteiger partial charge in [-0.2, -0.15) is 0 Å². The van der Waals surface area contributed by atoms with Gasteiger partial charge < -0.3 is 15.7 Å². The molecular weight excluding hydrogens is 308 g/mol. The van der Waals surface area contributed by atoms with Gasteiger partial charge in [-0.05, 0) is 6.42 Å². The molecule has 3 N–H and O–H groups in total. The van der Waals surface area contributed by atoms with Gasteiger partial charge in [0.25, 0.3) is 0 Å². The molecule has 0 aromatic carbocycles. The normalized spacial score (nSPS) is 19.8. The molecule has 0 amide bonds. The number of amidine groups is 1. The third kappa shape index (κ3) is 8.22. The quantitative estimate of drug-likeness (QED) is 0.373. The highest BCUT2D eigenvalue weighted by atomic mass is 16.4. The molecule has 0 spiro atoms. The molecule has 6 heteroatoms. The van der Waals surface area contributed by atoms with Gasteiger partial charge in [-0.25, -0.2) is 9.79 Å². The summed E-state index contributed by atoms with van der Waals surface area (Å²) in [5, 5.41) is 18.5. The molecular formula is C18H36N2O4. The van der Waals surface area contributed by atoms with Gasteiger partial charge in [0.15, 0.2) is 12.4 Å². The number of aliphatic hydroxyl groups excluding tert-OH is 1. The Morgan fingerprint density at radius 1 is 1.08 bits per heavy atom. The van der Waals surface area contributed by atoms with Crippen molar-refractivity contribution in [2.75, 3.05) is 32.8 Å². The van der Waals surface area contributed by atoms with E-state index >= 15 is 0 Å². The van der Waals surface area contributed by atoms with Crippen LogP contribution < -0.4 is 0 Å². The second-order valence-corrected chi connectivity index (χ2v) is 6.74. The predicted octanol–water partition coefficient (Wildman–Crippen LogP) is 3.04. The minimum absolute atomic E-state index is 0. The highest BCUT2D eigenvalue weighted by Crippen LogP contribution is 2.20. The second kappa shape index (κ2) is 13.3. The molecule has 0 saturated heterocycles. The zero-order valence-corrected chi connectivity index (χ0v) is 15.3. The van der Waals surface area contributed by atoms with E-state index in [4.69, 9.17) is 5.11 Å². The maximum Gasteiger partial charge on any atom is 0.359 e. The van der Waals surface area contributed by atoms with Crippen molar-refractivity contribution in [2.24, 2.45) is 4.99 Å². The maximum atomic E-state index is 11.2. The van der Waals surface area contributed by atoms with Crippen molar-refractivity contribution in [3.8, 4) is 0 Å². The molecule has 1 rings (SSSR count). The van der Waals surface area contributed by atoms with Crippen LogP contribution in [-0.2, 0) is 4.79 Å². The lowest BCUT2D eigenvalue weighted by Crippen LogP contribution is -2.55. The molecule has 0 saturated carbocycles. The van der Waals surface area contributed by atoms with Crippen LogP contribution in [0.3, 0.4) is 0 Å². The summed E-state index contributed by atoms with van der Waals surface area (Å²) >= 11 is 0. The van der Waals surface area contributed by atoms with Crippen molar-refractivity contribution >= 4 is 11.8 Å². The molecule has 1 atom stereocenters. The number of carbonyl (C=O) groups is 1. The SMILES string of the molecule is CCCCCCCCCCCC1=NCC[N+]1(CCO)CC(=O)O.[OH-]. The van der Waals surface area contributed by atoms with Crippen LogP contribution in [0.1, 0.15) is 71.1 Å². The van der Waals surface area contributed by atoms with Gasteiger partial charge in [0, 0.05) is 6.42 Å². The molecule has 1 heterocycles. The number of carboxylic acid groups (broad SMARTS) is 1. The Balaban J connectivity index is 0.00000529. The first-order valence-corrected chi connectivity index (χ1v) is 9.37. The second-order valence-electron chi connectivity index (χ2n) is 6.74. The summed E-state index contributed by atoms with van der Waals surface area (Å²) in [5.74, 6) is 0.185. The van der Waals surface area contributed by atoms with E-state index in [0.29, 0.717) is 17.6 Å². The summed E-state index contributed by atoms with van der Waals surface area (Å²) in [4.78, 5) is 15.7. The number of aliphatic imine (C=N–C) groups is 1. The Kier molecular flexibility index (Phi) is 12.8. The summed E-state index contributed by atoms with van der Waals surface area (Å²) in [7, 11) is 0. The van der Waals surface area contributed by atoms with E-state index in [9.17, 15) is 9.90 Å². The van der Waals surface area contributed by atoms with Crippen molar-refractivity contribution in [1.82, 2.24) is 0 Å². The molecule has 0 aromatic heterocycles. The van der Waals surface area contributed by atoms with E-state index in [1.807, 2.05) is 0 Å². The summed E-state index contributed by atoms with van der Waals surface area (Å²) in [5.41, 5.74) is 0. The summed E-state index contributed by atoms with van der Waals surface area (Å²) in [6.07, 6.45) is 12.4. The van der Waals surface area contributed by atoms with Crippen molar-refractivity contribution in [3.05, 3.63) is 0 Å². The van der Waals surface area contributed by atoms with Gasteiger partial charge in [-0.15, -0.1) is 0 Å². The summed E-state index contributed by atoms with van der Waals surface area (Å²) in [6, 6.07) is 0. The number of rotatable bonds is 14. The Bertz CT molecular complexity index is 374. The lowest BCUT2D eigenvalue weighted by molar-refractivity contribution is -0.829. The Morgan fingerprint density at radius 2 is 1.67 bits per heavy atom. The zero-order valence-electron chi connectivity index (χ0n) is 15.3. The Morgan fingerprint density at radius 3 is 2.21 bits per heavy atom. The third-order valence-corrected chi connectivity index (χ3v) is 4.84. The first-order chi connectivity index (χ1) is 11.1. The molecule has 1 unspecified atom stereocenters. The molecule has 0 bridgehead atoms. The number of hydrogen-bond acceptors (Lipinski definition) is 4. The number of unbranched alkanes of at least 4 members (excludes halogenated alkanes) is 8. The zero-order chi connectivity index (χ0) is 17.0. The van der Waals surface area contributed by atoms with Gasteiger partial charge in [0.05, 0.1) is 13.2 Å². The monoisotopic (exact) mass is 344 g/mol. The van der Waals surface area contributed by atoms with Crippen LogP contribution in [0.5, 0.6) is 0 Å². The molecule has 0 radical (unpaired) electrons. The largest absolute Gasteiger partial charge is 0.870 e. The molecule has 0 aliphatic carbocycles.